The largest absolute Gasteiger partial charge is 0.312 e. The van der Waals surface area contributed by atoms with Gasteiger partial charge in [0.05, 0.1) is 11.6 Å². The monoisotopic (exact) mass is 399 g/mol. The number of nitrogens with one attached hydrogen (secondary N) is 1. The van der Waals surface area contributed by atoms with Crippen LogP contribution in [0.3, 0.4) is 0 Å². The van der Waals surface area contributed by atoms with E-state index in [-0.39, 0.29) is 10.9 Å². The van der Waals surface area contributed by atoms with Gasteiger partial charge < -0.3 is 9.88 Å². The van der Waals surface area contributed by atoms with Crippen LogP contribution in [0, 0.1) is 5.82 Å². The van der Waals surface area contributed by atoms with Crippen molar-refractivity contribution >= 4 is 21.6 Å². The lowest BCUT2D eigenvalue weighted by molar-refractivity contribution is 0.306. The molecule has 140 valence electrons. The second kappa shape index (κ2) is 6.88. The van der Waals surface area contributed by atoms with Crippen LogP contribution in [0.15, 0.2) is 23.1 Å². The minimum absolute atomic E-state index is 0.0915. The maximum Gasteiger partial charge on any atom is 0.247 e. The van der Waals surface area contributed by atoms with Crippen LogP contribution in [0.2, 0.25) is 5.02 Å². The second-order valence-electron chi connectivity index (χ2n) is 6.53. The summed E-state index contributed by atoms with van der Waals surface area (Å²) in [6.45, 7) is 3.00. The Hall–Kier alpha value is -1.55. The molecule has 0 amide bonds. The van der Waals surface area contributed by atoms with Crippen molar-refractivity contribution in [1.82, 2.24) is 24.4 Å². The quantitative estimate of drug-likeness (QED) is 0.850. The lowest BCUT2D eigenvalue weighted by atomic mass is 9.97. The number of nitrogens with zero attached hydrogens (tertiary/aromatic N) is 4. The van der Waals surface area contributed by atoms with Crippen LogP contribution in [0.5, 0.6) is 0 Å². The van der Waals surface area contributed by atoms with E-state index in [4.69, 9.17) is 11.6 Å². The Kier molecular flexibility index (Phi) is 4.72. The van der Waals surface area contributed by atoms with Crippen molar-refractivity contribution in [3.8, 4) is 0 Å². The van der Waals surface area contributed by atoms with Gasteiger partial charge in [-0.3, -0.25) is 0 Å². The van der Waals surface area contributed by atoms with Gasteiger partial charge in [-0.05, 0) is 25.0 Å². The number of benzene rings is 1. The molecule has 7 nitrogen and oxygen atoms in total. The lowest BCUT2D eigenvalue weighted by Crippen LogP contribution is -2.39. The summed E-state index contributed by atoms with van der Waals surface area (Å²) in [6.07, 6.45) is 1.24. The van der Waals surface area contributed by atoms with E-state index in [9.17, 15) is 12.8 Å². The third-order valence-corrected chi connectivity index (χ3v) is 7.39. The number of piperidine rings is 1. The maximum atomic E-state index is 14.1. The molecule has 1 aromatic heterocycles. The van der Waals surface area contributed by atoms with Crippen molar-refractivity contribution in [3.63, 3.8) is 0 Å². The zero-order valence-corrected chi connectivity index (χ0v) is 15.6. The van der Waals surface area contributed by atoms with E-state index in [0.29, 0.717) is 32.5 Å². The first kappa shape index (κ1) is 17.8. The SMILES string of the molecule is O=S(=O)(c1c(F)cccc1Cl)N1CCC(c2nnc3n2CCNC3)CC1. The number of rotatable bonds is 3. The number of aromatic nitrogens is 3. The lowest BCUT2D eigenvalue weighted by Gasteiger charge is -2.31. The van der Waals surface area contributed by atoms with Gasteiger partial charge >= 0.3 is 0 Å². The molecule has 0 aliphatic carbocycles. The van der Waals surface area contributed by atoms with E-state index in [1.54, 1.807) is 0 Å². The molecule has 0 unspecified atom stereocenters. The van der Waals surface area contributed by atoms with Crippen molar-refractivity contribution in [2.75, 3.05) is 19.6 Å². The van der Waals surface area contributed by atoms with Gasteiger partial charge in [0.2, 0.25) is 10.0 Å². The molecule has 4 rings (SSSR count). The van der Waals surface area contributed by atoms with Gasteiger partial charge in [0, 0.05) is 32.1 Å². The molecular weight excluding hydrogens is 381 g/mol. The molecule has 1 fully saturated rings. The number of fused-ring (bicyclic) bond motifs is 1. The molecule has 0 bridgehead atoms. The summed E-state index contributed by atoms with van der Waals surface area (Å²) in [7, 11) is -3.96. The molecule has 2 aromatic rings. The van der Waals surface area contributed by atoms with Crippen LogP contribution in [0.1, 0.15) is 30.4 Å². The van der Waals surface area contributed by atoms with E-state index in [2.05, 4.69) is 20.1 Å². The molecule has 1 N–H and O–H groups in total. The number of halogens is 2. The van der Waals surface area contributed by atoms with Crippen molar-refractivity contribution < 1.29 is 12.8 Å². The Balaban J connectivity index is 1.53. The van der Waals surface area contributed by atoms with E-state index in [1.807, 2.05) is 0 Å². The van der Waals surface area contributed by atoms with Gasteiger partial charge in [-0.25, -0.2) is 12.8 Å². The fraction of sp³-hybridized carbons (Fsp3) is 0.500. The topological polar surface area (TPSA) is 80.1 Å². The molecule has 0 atom stereocenters. The normalized spacial score (nSPS) is 19.5. The van der Waals surface area contributed by atoms with Crippen LogP contribution in [0.4, 0.5) is 4.39 Å². The minimum atomic E-state index is -3.96. The Morgan fingerprint density at radius 2 is 1.96 bits per heavy atom. The summed E-state index contributed by atoms with van der Waals surface area (Å²) in [4.78, 5) is -0.439. The van der Waals surface area contributed by atoms with E-state index in [0.717, 1.165) is 30.8 Å². The van der Waals surface area contributed by atoms with Crippen molar-refractivity contribution in [1.29, 1.82) is 0 Å². The van der Waals surface area contributed by atoms with Gasteiger partial charge in [0.25, 0.3) is 0 Å². The Labute approximate surface area is 156 Å². The zero-order chi connectivity index (χ0) is 18.3. The number of sulfonamides is 1. The second-order valence-corrected chi connectivity index (χ2v) is 8.81. The highest BCUT2D eigenvalue weighted by Crippen LogP contribution is 2.33. The molecule has 26 heavy (non-hydrogen) atoms. The average Bonchev–Trinajstić information content (AvgIpc) is 3.05. The predicted octanol–water partition coefficient (Wildman–Crippen LogP) is 1.74. The first-order valence-electron chi connectivity index (χ1n) is 8.55. The molecule has 0 spiro atoms. The summed E-state index contributed by atoms with van der Waals surface area (Å²) in [6, 6.07) is 3.90. The first-order chi connectivity index (χ1) is 12.5. The average molecular weight is 400 g/mol. The summed E-state index contributed by atoms with van der Waals surface area (Å²) < 4.78 is 43.1. The van der Waals surface area contributed by atoms with E-state index < -0.39 is 20.7 Å². The fourth-order valence-corrected chi connectivity index (χ4v) is 5.66. The molecule has 1 saturated heterocycles. The van der Waals surface area contributed by atoms with Gasteiger partial charge in [-0.2, -0.15) is 4.31 Å². The third kappa shape index (κ3) is 3.02. The molecule has 1 aromatic carbocycles. The molecule has 10 heteroatoms. The van der Waals surface area contributed by atoms with Crippen molar-refractivity contribution in [2.45, 2.75) is 36.7 Å². The van der Waals surface area contributed by atoms with Crippen LogP contribution in [-0.4, -0.2) is 47.1 Å². The summed E-state index contributed by atoms with van der Waals surface area (Å²) in [5, 5.41) is 11.7. The summed E-state index contributed by atoms with van der Waals surface area (Å²) >= 11 is 5.95. The molecular formula is C16H19ClFN5O2S. The van der Waals surface area contributed by atoms with Crippen LogP contribution in [0.25, 0.3) is 0 Å². The maximum absolute atomic E-state index is 14.1. The molecule has 0 radical (unpaired) electrons. The molecule has 2 aliphatic heterocycles. The predicted molar refractivity (Wildman–Crippen MR) is 93.9 cm³/mol. The van der Waals surface area contributed by atoms with Crippen LogP contribution in [-0.2, 0) is 23.1 Å². The highest BCUT2D eigenvalue weighted by Gasteiger charge is 2.35. The van der Waals surface area contributed by atoms with E-state index >= 15 is 0 Å². The Bertz CT molecular complexity index is 904. The molecule has 2 aliphatic rings. The summed E-state index contributed by atoms with van der Waals surface area (Å²) in [5.74, 6) is 1.16. The Morgan fingerprint density at radius 3 is 2.69 bits per heavy atom. The standard InChI is InChI=1S/C16H19ClFN5O2S/c17-12-2-1-3-13(18)15(12)26(24,25)22-7-4-11(5-8-22)16-21-20-14-10-19-6-9-23(14)16/h1-3,11,19H,4-10H2. The van der Waals surface area contributed by atoms with Crippen molar-refractivity contribution in [3.05, 3.63) is 40.7 Å². The first-order valence-corrected chi connectivity index (χ1v) is 10.4. The molecule has 3 heterocycles. The molecule has 0 saturated carbocycles. The third-order valence-electron chi connectivity index (χ3n) is 4.99. The zero-order valence-electron chi connectivity index (χ0n) is 14.0. The Morgan fingerprint density at radius 1 is 1.19 bits per heavy atom. The fourth-order valence-electron chi connectivity index (χ4n) is 3.63. The van der Waals surface area contributed by atoms with Crippen LogP contribution < -0.4 is 5.32 Å². The van der Waals surface area contributed by atoms with E-state index in [1.165, 1.54) is 16.4 Å². The minimum Gasteiger partial charge on any atom is -0.312 e. The number of hydrogen-bond acceptors (Lipinski definition) is 5. The van der Waals surface area contributed by atoms with Crippen LogP contribution >= 0.6 is 11.6 Å². The highest BCUT2D eigenvalue weighted by atomic mass is 35.5. The highest BCUT2D eigenvalue weighted by molar-refractivity contribution is 7.89. The van der Waals surface area contributed by atoms with Gasteiger partial charge in [0.1, 0.15) is 22.4 Å². The summed E-state index contributed by atoms with van der Waals surface area (Å²) in [5.41, 5.74) is 0. The number of hydrogen-bond donors (Lipinski definition) is 1. The van der Waals surface area contributed by atoms with Gasteiger partial charge in [-0.1, -0.05) is 17.7 Å². The van der Waals surface area contributed by atoms with Gasteiger partial charge in [0.15, 0.2) is 0 Å². The van der Waals surface area contributed by atoms with Crippen molar-refractivity contribution in [2.24, 2.45) is 0 Å². The van der Waals surface area contributed by atoms with Gasteiger partial charge in [-0.15, -0.1) is 10.2 Å². The smallest absolute Gasteiger partial charge is 0.247 e.